The van der Waals surface area contributed by atoms with E-state index in [4.69, 9.17) is 5.73 Å². The third-order valence-corrected chi connectivity index (χ3v) is 2.78. The number of benzene rings is 1. The molecule has 1 aromatic rings. The Balaban J connectivity index is 2.69. The Labute approximate surface area is 100.0 Å². The van der Waals surface area contributed by atoms with Gasteiger partial charge in [-0.2, -0.15) is 0 Å². The standard InChI is InChI=1S/C11H18BrN3/c1-14(2)6-7-15(3)11-5-4-9(12)8-10(11)13/h4-5,8H,6-7,13H2,1-3H3. The summed E-state index contributed by atoms with van der Waals surface area (Å²) in [6, 6.07) is 5.98. The van der Waals surface area contributed by atoms with Crippen LogP contribution in [-0.2, 0) is 0 Å². The smallest absolute Gasteiger partial charge is 0.0598 e. The lowest BCUT2D eigenvalue weighted by atomic mass is 10.2. The molecule has 0 heterocycles. The topological polar surface area (TPSA) is 32.5 Å². The summed E-state index contributed by atoms with van der Waals surface area (Å²) in [6.07, 6.45) is 0. The highest BCUT2D eigenvalue weighted by Gasteiger charge is 2.05. The average molecular weight is 272 g/mol. The molecule has 0 aromatic heterocycles. The predicted octanol–water partition coefficient (Wildman–Crippen LogP) is 2.03. The van der Waals surface area contributed by atoms with Crippen molar-refractivity contribution < 1.29 is 0 Å². The fourth-order valence-corrected chi connectivity index (χ4v) is 1.72. The molecule has 0 amide bonds. The number of likely N-dealkylation sites (N-methyl/N-ethyl adjacent to an activating group) is 2. The van der Waals surface area contributed by atoms with Crippen LogP contribution in [0.15, 0.2) is 22.7 Å². The molecule has 0 aliphatic heterocycles. The van der Waals surface area contributed by atoms with E-state index in [1.54, 1.807) is 0 Å². The van der Waals surface area contributed by atoms with Gasteiger partial charge in [-0.3, -0.25) is 0 Å². The maximum atomic E-state index is 5.94. The predicted molar refractivity (Wildman–Crippen MR) is 70.4 cm³/mol. The first-order valence-electron chi connectivity index (χ1n) is 4.91. The third-order valence-electron chi connectivity index (χ3n) is 2.28. The van der Waals surface area contributed by atoms with Gasteiger partial charge in [-0.15, -0.1) is 0 Å². The Bertz CT molecular complexity index is 326. The highest BCUT2D eigenvalue weighted by Crippen LogP contribution is 2.25. The van der Waals surface area contributed by atoms with E-state index in [0.29, 0.717) is 0 Å². The molecular weight excluding hydrogens is 254 g/mol. The summed E-state index contributed by atoms with van der Waals surface area (Å²) < 4.78 is 1.02. The van der Waals surface area contributed by atoms with Crippen molar-refractivity contribution in [2.24, 2.45) is 0 Å². The Morgan fingerprint density at radius 3 is 2.40 bits per heavy atom. The summed E-state index contributed by atoms with van der Waals surface area (Å²) in [5.74, 6) is 0. The highest BCUT2D eigenvalue weighted by atomic mass is 79.9. The number of hydrogen-bond donors (Lipinski definition) is 1. The van der Waals surface area contributed by atoms with E-state index < -0.39 is 0 Å². The van der Waals surface area contributed by atoms with Crippen molar-refractivity contribution in [1.82, 2.24) is 4.90 Å². The van der Waals surface area contributed by atoms with Gasteiger partial charge in [0.1, 0.15) is 0 Å². The first-order valence-corrected chi connectivity index (χ1v) is 5.71. The van der Waals surface area contributed by atoms with Crippen LogP contribution < -0.4 is 10.6 Å². The minimum Gasteiger partial charge on any atom is -0.397 e. The summed E-state index contributed by atoms with van der Waals surface area (Å²) in [5, 5.41) is 0. The van der Waals surface area contributed by atoms with Crippen LogP contribution in [0.2, 0.25) is 0 Å². The van der Waals surface area contributed by atoms with Gasteiger partial charge in [-0.25, -0.2) is 0 Å². The first kappa shape index (κ1) is 12.3. The number of rotatable bonds is 4. The van der Waals surface area contributed by atoms with Gasteiger partial charge in [0.05, 0.1) is 11.4 Å². The number of nitrogen functional groups attached to an aromatic ring is 1. The molecule has 4 heteroatoms. The van der Waals surface area contributed by atoms with Gasteiger partial charge in [0.15, 0.2) is 0 Å². The minimum atomic E-state index is 0.811. The molecule has 1 rings (SSSR count). The molecule has 2 N–H and O–H groups in total. The number of hydrogen-bond acceptors (Lipinski definition) is 3. The zero-order valence-corrected chi connectivity index (χ0v) is 11.1. The van der Waals surface area contributed by atoms with E-state index in [1.165, 1.54) is 0 Å². The Morgan fingerprint density at radius 1 is 1.20 bits per heavy atom. The lowest BCUT2D eigenvalue weighted by Crippen LogP contribution is -2.28. The van der Waals surface area contributed by atoms with Crippen LogP contribution in [0.1, 0.15) is 0 Å². The van der Waals surface area contributed by atoms with Crippen molar-refractivity contribution in [3.05, 3.63) is 22.7 Å². The number of nitrogens with two attached hydrogens (primary N) is 1. The Hall–Kier alpha value is -0.740. The summed E-state index contributed by atoms with van der Waals surface area (Å²) in [7, 11) is 6.20. The third kappa shape index (κ3) is 3.72. The maximum absolute atomic E-state index is 5.94. The highest BCUT2D eigenvalue weighted by molar-refractivity contribution is 9.10. The quantitative estimate of drug-likeness (QED) is 0.851. The molecule has 0 unspecified atom stereocenters. The van der Waals surface area contributed by atoms with Crippen LogP contribution in [0, 0.1) is 0 Å². The monoisotopic (exact) mass is 271 g/mol. The van der Waals surface area contributed by atoms with Crippen molar-refractivity contribution in [1.29, 1.82) is 0 Å². The van der Waals surface area contributed by atoms with Gasteiger partial charge in [0, 0.05) is 24.6 Å². The molecule has 0 aliphatic rings. The van der Waals surface area contributed by atoms with Crippen LogP contribution in [0.5, 0.6) is 0 Å². The van der Waals surface area contributed by atoms with Crippen molar-refractivity contribution in [3.8, 4) is 0 Å². The zero-order chi connectivity index (χ0) is 11.4. The SMILES string of the molecule is CN(C)CCN(C)c1ccc(Br)cc1N. The molecule has 1 aromatic carbocycles. The Kier molecular flexibility index (Phi) is 4.42. The summed E-state index contributed by atoms with van der Waals surface area (Å²) in [4.78, 5) is 4.33. The normalized spacial score (nSPS) is 10.7. The van der Waals surface area contributed by atoms with Crippen LogP contribution in [-0.4, -0.2) is 39.1 Å². The van der Waals surface area contributed by atoms with Crippen molar-refractivity contribution in [2.45, 2.75) is 0 Å². The van der Waals surface area contributed by atoms with Gasteiger partial charge in [0.25, 0.3) is 0 Å². The molecule has 3 nitrogen and oxygen atoms in total. The molecule has 0 atom stereocenters. The molecule has 0 bridgehead atoms. The average Bonchev–Trinajstić information content (AvgIpc) is 2.14. The van der Waals surface area contributed by atoms with Crippen LogP contribution in [0.25, 0.3) is 0 Å². The maximum Gasteiger partial charge on any atom is 0.0598 e. The van der Waals surface area contributed by atoms with Crippen molar-refractivity contribution in [3.63, 3.8) is 0 Å². The van der Waals surface area contributed by atoms with Gasteiger partial charge in [0.2, 0.25) is 0 Å². The lowest BCUT2D eigenvalue weighted by molar-refractivity contribution is 0.416. The molecule has 0 saturated heterocycles. The molecule has 0 aliphatic carbocycles. The fraction of sp³-hybridized carbons (Fsp3) is 0.455. The fourth-order valence-electron chi connectivity index (χ4n) is 1.34. The Morgan fingerprint density at radius 2 is 1.87 bits per heavy atom. The van der Waals surface area contributed by atoms with Gasteiger partial charge < -0.3 is 15.5 Å². The van der Waals surface area contributed by atoms with E-state index >= 15 is 0 Å². The minimum absolute atomic E-state index is 0.811. The van der Waals surface area contributed by atoms with Crippen LogP contribution in [0.3, 0.4) is 0 Å². The molecule has 0 spiro atoms. The van der Waals surface area contributed by atoms with E-state index in [1.807, 2.05) is 18.2 Å². The van der Waals surface area contributed by atoms with E-state index in [9.17, 15) is 0 Å². The second kappa shape index (κ2) is 5.37. The molecule has 0 fully saturated rings. The van der Waals surface area contributed by atoms with E-state index in [0.717, 1.165) is 28.9 Å². The number of nitrogens with zero attached hydrogens (tertiary/aromatic N) is 2. The number of halogens is 1. The molecule has 0 radical (unpaired) electrons. The van der Waals surface area contributed by atoms with Gasteiger partial charge in [-0.05, 0) is 32.3 Å². The molecular formula is C11H18BrN3. The second-order valence-electron chi connectivity index (χ2n) is 3.93. The van der Waals surface area contributed by atoms with E-state index in [2.05, 4.69) is 46.9 Å². The molecule has 0 saturated carbocycles. The van der Waals surface area contributed by atoms with Crippen molar-refractivity contribution >= 4 is 27.3 Å². The largest absolute Gasteiger partial charge is 0.397 e. The van der Waals surface area contributed by atoms with Gasteiger partial charge in [-0.1, -0.05) is 15.9 Å². The number of anilines is 2. The second-order valence-corrected chi connectivity index (χ2v) is 4.84. The zero-order valence-electron chi connectivity index (χ0n) is 9.50. The lowest BCUT2D eigenvalue weighted by Gasteiger charge is -2.23. The van der Waals surface area contributed by atoms with Crippen molar-refractivity contribution in [2.75, 3.05) is 44.9 Å². The first-order chi connectivity index (χ1) is 7.00. The van der Waals surface area contributed by atoms with Crippen LogP contribution >= 0.6 is 15.9 Å². The van der Waals surface area contributed by atoms with Crippen LogP contribution in [0.4, 0.5) is 11.4 Å². The van der Waals surface area contributed by atoms with Gasteiger partial charge >= 0.3 is 0 Å². The molecule has 84 valence electrons. The summed E-state index contributed by atoms with van der Waals surface area (Å²) >= 11 is 3.40. The summed E-state index contributed by atoms with van der Waals surface area (Å²) in [5.41, 5.74) is 7.84. The summed E-state index contributed by atoms with van der Waals surface area (Å²) in [6.45, 7) is 1.99. The van der Waals surface area contributed by atoms with E-state index in [-0.39, 0.29) is 0 Å². The molecule has 15 heavy (non-hydrogen) atoms.